The molecule has 22 heavy (non-hydrogen) atoms. The lowest BCUT2D eigenvalue weighted by atomic mass is 10.2. The van der Waals surface area contributed by atoms with Gasteiger partial charge in [-0.3, -0.25) is 20.2 Å². The lowest BCUT2D eigenvalue weighted by molar-refractivity contribution is 0.0865. The van der Waals surface area contributed by atoms with Crippen LogP contribution in [-0.2, 0) is 6.54 Å². The molecule has 0 spiro atoms. The minimum absolute atomic E-state index is 0.0169. The van der Waals surface area contributed by atoms with E-state index in [1.54, 1.807) is 36.5 Å². The van der Waals surface area contributed by atoms with Gasteiger partial charge in [0.25, 0.3) is 5.91 Å². The SMILES string of the molecule is NC(=S)N(Cc1ccc(Cl)cc1Cl)NC(=O)c1cccnc1. The van der Waals surface area contributed by atoms with E-state index in [1.165, 1.54) is 11.2 Å². The monoisotopic (exact) mass is 354 g/mol. The van der Waals surface area contributed by atoms with Crippen LogP contribution in [-0.4, -0.2) is 21.0 Å². The summed E-state index contributed by atoms with van der Waals surface area (Å²) in [6, 6.07) is 8.35. The Bertz CT molecular complexity index is 696. The predicted octanol–water partition coefficient (Wildman–Crippen LogP) is 2.78. The Kier molecular flexibility index (Phi) is 5.54. The molecule has 0 radical (unpaired) electrons. The number of pyridine rings is 1. The Labute approximate surface area is 143 Å². The highest BCUT2D eigenvalue weighted by Crippen LogP contribution is 2.22. The van der Waals surface area contributed by atoms with Crippen LogP contribution < -0.4 is 11.2 Å². The molecular formula is C14H12Cl2N4OS. The molecule has 0 aliphatic carbocycles. The van der Waals surface area contributed by atoms with Crippen molar-refractivity contribution in [2.45, 2.75) is 6.54 Å². The highest BCUT2D eigenvalue weighted by molar-refractivity contribution is 7.80. The lowest BCUT2D eigenvalue weighted by Crippen LogP contribution is -2.48. The van der Waals surface area contributed by atoms with Crippen molar-refractivity contribution < 1.29 is 4.79 Å². The standard InChI is InChI=1S/C14H12Cl2N4OS/c15-11-4-3-10(12(16)6-11)8-20(14(17)22)19-13(21)9-2-1-5-18-7-9/h1-7H,8H2,(H2,17,22)(H,19,21). The van der Waals surface area contributed by atoms with Crippen molar-refractivity contribution in [3.8, 4) is 0 Å². The van der Waals surface area contributed by atoms with Gasteiger partial charge in [-0.25, -0.2) is 0 Å². The van der Waals surface area contributed by atoms with Gasteiger partial charge in [0.05, 0.1) is 12.1 Å². The first-order valence-corrected chi connectivity index (χ1v) is 7.35. The fourth-order valence-electron chi connectivity index (χ4n) is 1.68. The van der Waals surface area contributed by atoms with Gasteiger partial charge in [-0.15, -0.1) is 0 Å². The van der Waals surface area contributed by atoms with Gasteiger partial charge in [-0.05, 0) is 42.0 Å². The number of benzene rings is 1. The van der Waals surface area contributed by atoms with E-state index in [0.29, 0.717) is 15.6 Å². The van der Waals surface area contributed by atoms with Gasteiger partial charge in [0.2, 0.25) is 0 Å². The van der Waals surface area contributed by atoms with Crippen LogP contribution in [0.4, 0.5) is 0 Å². The molecule has 1 amide bonds. The number of amides is 1. The summed E-state index contributed by atoms with van der Waals surface area (Å²) in [5.74, 6) is -0.369. The molecule has 3 N–H and O–H groups in total. The largest absolute Gasteiger partial charge is 0.375 e. The molecule has 2 rings (SSSR count). The van der Waals surface area contributed by atoms with E-state index in [-0.39, 0.29) is 17.6 Å². The van der Waals surface area contributed by atoms with Crippen molar-refractivity contribution >= 4 is 46.4 Å². The fourth-order valence-corrected chi connectivity index (χ4v) is 2.26. The summed E-state index contributed by atoms with van der Waals surface area (Å²) in [6.45, 7) is 0.220. The van der Waals surface area contributed by atoms with Gasteiger partial charge in [-0.2, -0.15) is 0 Å². The van der Waals surface area contributed by atoms with Crippen molar-refractivity contribution in [1.82, 2.24) is 15.4 Å². The zero-order chi connectivity index (χ0) is 16.1. The topological polar surface area (TPSA) is 71.2 Å². The summed E-state index contributed by atoms with van der Waals surface area (Å²) in [6.07, 6.45) is 3.03. The van der Waals surface area contributed by atoms with E-state index in [2.05, 4.69) is 10.4 Å². The van der Waals surface area contributed by atoms with Gasteiger partial charge < -0.3 is 5.73 Å². The van der Waals surface area contributed by atoms with Crippen LogP contribution in [0, 0.1) is 0 Å². The van der Waals surface area contributed by atoms with E-state index in [4.69, 9.17) is 41.2 Å². The molecular weight excluding hydrogens is 343 g/mol. The van der Waals surface area contributed by atoms with Crippen LogP contribution in [0.2, 0.25) is 10.0 Å². The second kappa shape index (κ2) is 7.40. The Morgan fingerprint density at radius 2 is 2.14 bits per heavy atom. The van der Waals surface area contributed by atoms with E-state index in [9.17, 15) is 4.79 Å². The number of hydrogen-bond acceptors (Lipinski definition) is 3. The zero-order valence-corrected chi connectivity index (χ0v) is 13.6. The van der Waals surface area contributed by atoms with Crippen LogP contribution in [0.5, 0.6) is 0 Å². The fraction of sp³-hybridized carbons (Fsp3) is 0.0714. The quantitative estimate of drug-likeness (QED) is 0.654. The summed E-state index contributed by atoms with van der Waals surface area (Å²) in [7, 11) is 0. The van der Waals surface area contributed by atoms with Gasteiger partial charge >= 0.3 is 0 Å². The Morgan fingerprint density at radius 3 is 2.73 bits per heavy atom. The first-order valence-electron chi connectivity index (χ1n) is 6.19. The molecule has 0 unspecified atom stereocenters. The molecule has 5 nitrogen and oxygen atoms in total. The third kappa shape index (κ3) is 4.30. The van der Waals surface area contributed by atoms with Crippen molar-refractivity contribution in [3.63, 3.8) is 0 Å². The third-order valence-electron chi connectivity index (χ3n) is 2.77. The molecule has 0 atom stereocenters. The summed E-state index contributed by atoms with van der Waals surface area (Å²) < 4.78 is 0. The maximum Gasteiger partial charge on any atom is 0.271 e. The molecule has 8 heteroatoms. The molecule has 0 saturated carbocycles. The van der Waals surface area contributed by atoms with Gasteiger partial charge in [0, 0.05) is 22.4 Å². The number of aromatic nitrogens is 1. The molecule has 0 aliphatic heterocycles. The van der Waals surface area contributed by atoms with Crippen molar-refractivity contribution in [3.05, 3.63) is 63.9 Å². The van der Waals surface area contributed by atoms with E-state index < -0.39 is 0 Å². The molecule has 0 fully saturated rings. The van der Waals surface area contributed by atoms with Crippen LogP contribution in [0.1, 0.15) is 15.9 Å². The number of halogens is 2. The van der Waals surface area contributed by atoms with E-state index in [1.807, 2.05) is 0 Å². The second-order valence-corrected chi connectivity index (χ2v) is 5.60. The molecule has 0 aliphatic rings. The molecule has 1 aromatic heterocycles. The van der Waals surface area contributed by atoms with Crippen molar-refractivity contribution in [2.75, 3.05) is 0 Å². The average Bonchev–Trinajstić information content (AvgIpc) is 2.49. The highest BCUT2D eigenvalue weighted by Gasteiger charge is 2.14. The zero-order valence-electron chi connectivity index (χ0n) is 11.3. The first-order chi connectivity index (χ1) is 10.5. The van der Waals surface area contributed by atoms with E-state index in [0.717, 1.165) is 5.56 Å². The van der Waals surface area contributed by atoms with Crippen LogP contribution >= 0.6 is 35.4 Å². The number of carbonyl (C=O) groups is 1. The molecule has 0 saturated heterocycles. The number of carbonyl (C=O) groups excluding carboxylic acids is 1. The van der Waals surface area contributed by atoms with Crippen molar-refractivity contribution in [2.24, 2.45) is 5.73 Å². The van der Waals surface area contributed by atoms with Gasteiger partial charge in [0.15, 0.2) is 5.11 Å². The number of hydrazine groups is 1. The number of nitrogens with one attached hydrogen (secondary N) is 1. The molecule has 0 bridgehead atoms. The molecule has 1 heterocycles. The van der Waals surface area contributed by atoms with Crippen LogP contribution in [0.3, 0.4) is 0 Å². The Balaban J connectivity index is 2.14. The normalized spacial score (nSPS) is 10.1. The average molecular weight is 355 g/mol. The minimum Gasteiger partial charge on any atom is -0.375 e. The molecule has 2 aromatic rings. The van der Waals surface area contributed by atoms with E-state index >= 15 is 0 Å². The van der Waals surface area contributed by atoms with Crippen LogP contribution in [0.15, 0.2) is 42.7 Å². The lowest BCUT2D eigenvalue weighted by Gasteiger charge is -2.24. The molecule has 114 valence electrons. The predicted molar refractivity (Wildman–Crippen MR) is 90.5 cm³/mol. The summed E-state index contributed by atoms with van der Waals surface area (Å²) in [4.78, 5) is 16.0. The third-order valence-corrected chi connectivity index (χ3v) is 3.58. The minimum atomic E-state index is -0.369. The summed E-state index contributed by atoms with van der Waals surface area (Å²) >= 11 is 16.9. The van der Waals surface area contributed by atoms with Crippen molar-refractivity contribution in [1.29, 1.82) is 0 Å². The number of rotatable bonds is 3. The van der Waals surface area contributed by atoms with Gasteiger partial charge in [0.1, 0.15) is 0 Å². The molecule has 1 aromatic carbocycles. The summed E-state index contributed by atoms with van der Waals surface area (Å²) in [5, 5.41) is 2.34. The highest BCUT2D eigenvalue weighted by atomic mass is 35.5. The first kappa shape index (κ1) is 16.5. The van der Waals surface area contributed by atoms with Crippen LogP contribution in [0.25, 0.3) is 0 Å². The van der Waals surface area contributed by atoms with Gasteiger partial charge in [-0.1, -0.05) is 29.3 Å². The second-order valence-electron chi connectivity index (χ2n) is 4.34. The number of nitrogens with zero attached hydrogens (tertiary/aromatic N) is 2. The summed E-state index contributed by atoms with van der Waals surface area (Å²) in [5.41, 5.74) is 9.39. The maximum absolute atomic E-state index is 12.1. The smallest absolute Gasteiger partial charge is 0.271 e. The Morgan fingerprint density at radius 1 is 1.36 bits per heavy atom. The number of thiocarbonyl (C=S) groups is 1. The number of nitrogens with two attached hydrogens (primary N) is 1. The Hall–Kier alpha value is -1.89. The maximum atomic E-state index is 12.1. The number of hydrogen-bond donors (Lipinski definition) is 2.